The molecular formula is C9H14N2O. The molecule has 0 amide bonds. The minimum atomic E-state index is 0.535. The van der Waals surface area contributed by atoms with Gasteiger partial charge < -0.3 is 16.2 Å². The Kier molecular flexibility index (Phi) is 3.57. The molecule has 3 heteroatoms. The Morgan fingerprint density at radius 2 is 2.08 bits per heavy atom. The summed E-state index contributed by atoms with van der Waals surface area (Å²) in [6.07, 6.45) is 0. The molecule has 0 atom stereocenters. The fraction of sp³-hybridized carbons (Fsp3) is 0.333. The van der Waals surface area contributed by atoms with E-state index >= 15 is 0 Å². The van der Waals surface area contributed by atoms with Gasteiger partial charge in [0, 0.05) is 13.1 Å². The van der Waals surface area contributed by atoms with Gasteiger partial charge >= 0.3 is 0 Å². The van der Waals surface area contributed by atoms with Gasteiger partial charge in [-0.2, -0.15) is 0 Å². The molecule has 0 bridgehead atoms. The lowest BCUT2D eigenvalue weighted by molar-refractivity contribution is 0.328. The Morgan fingerprint density at radius 1 is 1.25 bits per heavy atom. The van der Waals surface area contributed by atoms with Crippen LogP contribution < -0.4 is 16.2 Å². The number of rotatable bonds is 4. The Bertz CT molecular complexity index is 238. The third-order valence-corrected chi connectivity index (χ3v) is 1.52. The number of hydrogen-bond acceptors (Lipinski definition) is 3. The van der Waals surface area contributed by atoms with Crippen LogP contribution >= 0.6 is 0 Å². The highest BCUT2D eigenvalue weighted by Gasteiger charge is 1.93. The van der Waals surface area contributed by atoms with E-state index in [1.165, 1.54) is 0 Å². The van der Waals surface area contributed by atoms with Gasteiger partial charge in [0.05, 0.1) is 0 Å². The molecule has 12 heavy (non-hydrogen) atoms. The SMILES string of the molecule is NCCOc1cccc(CN)c1. The van der Waals surface area contributed by atoms with Gasteiger partial charge in [-0.15, -0.1) is 0 Å². The molecule has 0 aliphatic heterocycles. The molecule has 1 aromatic rings. The van der Waals surface area contributed by atoms with Crippen LogP contribution in [0.25, 0.3) is 0 Å². The second-order valence-electron chi connectivity index (χ2n) is 2.49. The van der Waals surface area contributed by atoms with E-state index in [4.69, 9.17) is 16.2 Å². The van der Waals surface area contributed by atoms with Crippen molar-refractivity contribution in [1.82, 2.24) is 0 Å². The first-order valence-electron chi connectivity index (χ1n) is 3.98. The Morgan fingerprint density at radius 3 is 2.75 bits per heavy atom. The second-order valence-corrected chi connectivity index (χ2v) is 2.49. The fourth-order valence-corrected chi connectivity index (χ4v) is 0.939. The van der Waals surface area contributed by atoms with Crippen LogP contribution in [0.15, 0.2) is 24.3 Å². The van der Waals surface area contributed by atoms with Crippen molar-refractivity contribution in [3.8, 4) is 5.75 Å². The van der Waals surface area contributed by atoms with Gasteiger partial charge in [-0.3, -0.25) is 0 Å². The second kappa shape index (κ2) is 4.74. The van der Waals surface area contributed by atoms with Crippen molar-refractivity contribution < 1.29 is 4.74 Å². The molecule has 0 heterocycles. The van der Waals surface area contributed by atoms with Gasteiger partial charge in [0.1, 0.15) is 12.4 Å². The first kappa shape index (κ1) is 9.03. The van der Waals surface area contributed by atoms with Crippen molar-refractivity contribution >= 4 is 0 Å². The van der Waals surface area contributed by atoms with Crippen LogP contribution in [0.5, 0.6) is 5.75 Å². The number of nitrogens with two attached hydrogens (primary N) is 2. The summed E-state index contributed by atoms with van der Waals surface area (Å²) in [6.45, 7) is 1.63. The van der Waals surface area contributed by atoms with Gasteiger partial charge in [0.25, 0.3) is 0 Å². The summed E-state index contributed by atoms with van der Waals surface area (Å²) in [5, 5.41) is 0. The zero-order valence-corrected chi connectivity index (χ0v) is 6.99. The lowest BCUT2D eigenvalue weighted by Crippen LogP contribution is -2.10. The first-order valence-corrected chi connectivity index (χ1v) is 3.98. The predicted molar refractivity (Wildman–Crippen MR) is 48.9 cm³/mol. The van der Waals surface area contributed by atoms with E-state index in [-0.39, 0.29) is 0 Å². The lowest BCUT2D eigenvalue weighted by atomic mass is 10.2. The molecule has 0 aliphatic carbocycles. The van der Waals surface area contributed by atoms with E-state index in [1.54, 1.807) is 0 Å². The first-order chi connectivity index (χ1) is 5.86. The third kappa shape index (κ3) is 2.53. The van der Waals surface area contributed by atoms with Crippen molar-refractivity contribution in [2.75, 3.05) is 13.2 Å². The van der Waals surface area contributed by atoms with Crippen LogP contribution in [0.4, 0.5) is 0 Å². The van der Waals surface area contributed by atoms with Gasteiger partial charge in [0.2, 0.25) is 0 Å². The van der Waals surface area contributed by atoms with Crippen molar-refractivity contribution in [1.29, 1.82) is 0 Å². The quantitative estimate of drug-likeness (QED) is 0.684. The summed E-state index contributed by atoms with van der Waals surface area (Å²) in [7, 11) is 0. The average molecular weight is 166 g/mol. The van der Waals surface area contributed by atoms with Crippen LogP contribution in [0, 0.1) is 0 Å². The zero-order valence-electron chi connectivity index (χ0n) is 6.99. The molecule has 0 radical (unpaired) electrons. The monoisotopic (exact) mass is 166 g/mol. The summed E-state index contributed by atoms with van der Waals surface area (Å²) >= 11 is 0. The van der Waals surface area contributed by atoms with Crippen molar-refractivity contribution in [2.24, 2.45) is 11.5 Å². The smallest absolute Gasteiger partial charge is 0.119 e. The van der Waals surface area contributed by atoms with E-state index in [0.29, 0.717) is 19.7 Å². The molecule has 0 saturated heterocycles. The molecule has 0 aromatic heterocycles. The van der Waals surface area contributed by atoms with E-state index in [1.807, 2.05) is 24.3 Å². The van der Waals surface area contributed by atoms with Crippen LogP contribution in [-0.4, -0.2) is 13.2 Å². The van der Waals surface area contributed by atoms with Crippen LogP contribution in [0.3, 0.4) is 0 Å². The van der Waals surface area contributed by atoms with Gasteiger partial charge in [0.15, 0.2) is 0 Å². The van der Waals surface area contributed by atoms with E-state index < -0.39 is 0 Å². The van der Waals surface area contributed by atoms with Gasteiger partial charge in [-0.1, -0.05) is 12.1 Å². The predicted octanol–water partition coefficient (Wildman–Crippen LogP) is 0.483. The van der Waals surface area contributed by atoms with Gasteiger partial charge in [-0.25, -0.2) is 0 Å². The van der Waals surface area contributed by atoms with Crippen molar-refractivity contribution in [2.45, 2.75) is 6.54 Å². The summed E-state index contributed by atoms with van der Waals surface area (Å²) in [5.74, 6) is 0.836. The van der Waals surface area contributed by atoms with Crippen LogP contribution in [-0.2, 0) is 6.54 Å². The highest BCUT2D eigenvalue weighted by molar-refractivity contribution is 5.28. The molecule has 1 rings (SSSR count). The van der Waals surface area contributed by atoms with Crippen LogP contribution in [0.1, 0.15) is 5.56 Å². The molecule has 0 unspecified atom stereocenters. The largest absolute Gasteiger partial charge is 0.492 e. The summed E-state index contributed by atoms with van der Waals surface area (Å²) in [6, 6.07) is 7.72. The fourth-order valence-electron chi connectivity index (χ4n) is 0.939. The standard InChI is InChI=1S/C9H14N2O/c10-4-5-12-9-3-1-2-8(6-9)7-11/h1-3,6H,4-5,7,10-11H2. The highest BCUT2D eigenvalue weighted by atomic mass is 16.5. The zero-order chi connectivity index (χ0) is 8.81. The maximum atomic E-state index is 5.47. The Hall–Kier alpha value is -1.06. The average Bonchev–Trinajstić information content (AvgIpc) is 2.15. The molecule has 3 nitrogen and oxygen atoms in total. The third-order valence-electron chi connectivity index (χ3n) is 1.52. The number of ether oxygens (including phenoxy) is 1. The van der Waals surface area contributed by atoms with E-state index in [9.17, 15) is 0 Å². The topological polar surface area (TPSA) is 61.3 Å². The van der Waals surface area contributed by atoms with Gasteiger partial charge in [-0.05, 0) is 17.7 Å². The lowest BCUT2D eigenvalue weighted by Gasteiger charge is -2.05. The normalized spacial score (nSPS) is 9.83. The maximum Gasteiger partial charge on any atom is 0.119 e. The Labute approximate surface area is 72.3 Å². The van der Waals surface area contributed by atoms with E-state index in [0.717, 1.165) is 11.3 Å². The summed E-state index contributed by atoms with van der Waals surface area (Å²) in [5.41, 5.74) is 11.8. The maximum absolute atomic E-state index is 5.47. The molecule has 66 valence electrons. The molecule has 0 spiro atoms. The highest BCUT2D eigenvalue weighted by Crippen LogP contribution is 2.12. The molecule has 0 aliphatic rings. The number of benzene rings is 1. The molecule has 1 aromatic carbocycles. The minimum absolute atomic E-state index is 0.535. The molecular weight excluding hydrogens is 152 g/mol. The van der Waals surface area contributed by atoms with E-state index in [2.05, 4.69) is 0 Å². The molecule has 0 saturated carbocycles. The summed E-state index contributed by atoms with van der Waals surface area (Å²) in [4.78, 5) is 0. The van der Waals surface area contributed by atoms with Crippen molar-refractivity contribution in [3.05, 3.63) is 29.8 Å². The minimum Gasteiger partial charge on any atom is -0.492 e. The molecule has 4 N–H and O–H groups in total. The van der Waals surface area contributed by atoms with Crippen molar-refractivity contribution in [3.63, 3.8) is 0 Å². The molecule has 0 fully saturated rings. The van der Waals surface area contributed by atoms with Crippen LogP contribution in [0.2, 0.25) is 0 Å². The number of hydrogen-bond donors (Lipinski definition) is 2. The summed E-state index contributed by atoms with van der Waals surface area (Å²) < 4.78 is 5.32. The Balaban J connectivity index is 2.60.